The predicted molar refractivity (Wildman–Crippen MR) is 151 cm³/mol. The van der Waals surface area contributed by atoms with E-state index >= 15 is 0 Å². The Morgan fingerprint density at radius 2 is 1.21 bits per heavy atom. The van der Waals surface area contributed by atoms with E-state index in [2.05, 4.69) is 12.2 Å². The first-order valence-corrected chi connectivity index (χ1v) is 16.5. The van der Waals surface area contributed by atoms with E-state index in [4.69, 9.17) is 13.8 Å². The highest BCUT2D eigenvalue weighted by Gasteiger charge is 2.23. The molecule has 0 bridgehead atoms. The molecule has 0 aliphatic rings. The Morgan fingerprint density at radius 1 is 0.711 bits per heavy atom. The van der Waals surface area contributed by atoms with Crippen molar-refractivity contribution in [3.63, 3.8) is 0 Å². The van der Waals surface area contributed by atoms with Crippen molar-refractivity contribution in [2.45, 2.75) is 142 Å². The van der Waals surface area contributed by atoms with Gasteiger partial charge >= 0.3 is 13.8 Å². The minimum absolute atomic E-state index is 0.0864. The molecule has 10 heteroatoms. The number of rotatable bonds is 28. The fourth-order valence-corrected chi connectivity index (χ4v) is 4.70. The number of unbranched alkanes of at least 4 members (excludes halogenated alkanes) is 15. The standard InChI is InChI=1S/C28H56NO8P/c1-3-5-7-8-9-10-11-12-13-14-15-16-17-18-19-20-27(31)29-22-23-36-38(33,34)37-25-26(30)24-35-28(32)21-6-4-2/h26,30H,3-25H2,1-2H3,(H,29,31)(H,33,34). The number of carbonyl (C=O) groups excluding carboxylic acids is 2. The monoisotopic (exact) mass is 565 g/mol. The molecule has 0 rings (SSSR count). The lowest BCUT2D eigenvalue weighted by molar-refractivity contribution is -0.147. The molecule has 0 saturated carbocycles. The van der Waals surface area contributed by atoms with Crippen LogP contribution in [0.4, 0.5) is 0 Å². The molecule has 3 N–H and O–H groups in total. The summed E-state index contributed by atoms with van der Waals surface area (Å²) in [5.74, 6) is -0.549. The Kier molecular flexibility index (Phi) is 25.6. The fraction of sp³-hybridized carbons (Fsp3) is 0.929. The molecule has 0 spiro atoms. The van der Waals surface area contributed by atoms with Crippen molar-refractivity contribution < 1.29 is 37.9 Å². The molecule has 0 aromatic heterocycles. The lowest BCUT2D eigenvalue weighted by Crippen LogP contribution is -2.27. The smallest absolute Gasteiger partial charge is 0.463 e. The lowest BCUT2D eigenvalue weighted by atomic mass is 10.0. The topological polar surface area (TPSA) is 131 Å². The van der Waals surface area contributed by atoms with Gasteiger partial charge in [-0.05, 0) is 12.8 Å². The molecule has 0 saturated heterocycles. The fourth-order valence-electron chi connectivity index (χ4n) is 3.94. The van der Waals surface area contributed by atoms with Crippen molar-refractivity contribution in [1.82, 2.24) is 5.32 Å². The molecule has 0 radical (unpaired) electrons. The van der Waals surface area contributed by atoms with E-state index in [1.165, 1.54) is 77.0 Å². The number of amides is 1. The highest BCUT2D eigenvalue weighted by molar-refractivity contribution is 7.47. The second-order valence-corrected chi connectivity index (χ2v) is 11.5. The second-order valence-electron chi connectivity index (χ2n) is 10.1. The maximum atomic E-state index is 11.9. The summed E-state index contributed by atoms with van der Waals surface area (Å²) in [5.41, 5.74) is 0. The molecule has 0 heterocycles. The summed E-state index contributed by atoms with van der Waals surface area (Å²) in [5, 5.41) is 12.4. The highest BCUT2D eigenvalue weighted by Crippen LogP contribution is 2.42. The van der Waals surface area contributed by atoms with Gasteiger partial charge in [0.15, 0.2) is 0 Å². The van der Waals surface area contributed by atoms with Gasteiger partial charge in [0.2, 0.25) is 5.91 Å². The molecule has 2 unspecified atom stereocenters. The summed E-state index contributed by atoms with van der Waals surface area (Å²) < 4.78 is 26.2. The third-order valence-corrected chi connectivity index (χ3v) is 7.27. The zero-order chi connectivity index (χ0) is 28.3. The number of esters is 1. The number of ether oxygens (including phenoxy) is 1. The minimum atomic E-state index is -4.38. The van der Waals surface area contributed by atoms with Gasteiger partial charge in [-0.2, -0.15) is 0 Å². The van der Waals surface area contributed by atoms with Crippen molar-refractivity contribution in [3.05, 3.63) is 0 Å². The number of aliphatic hydroxyl groups is 1. The minimum Gasteiger partial charge on any atom is -0.463 e. The van der Waals surface area contributed by atoms with Crippen LogP contribution in [-0.4, -0.2) is 54.3 Å². The van der Waals surface area contributed by atoms with Crippen molar-refractivity contribution in [1.29, 1.82) is 0 Å². The van der Waals surface area contributed by atoms with Crippen LogP contribution >= 0.6 is 7.82 Å². The maximum absolute atomic E-state index is 11.9. The molecule has 0 aromatic carbocycles. The molecule has 1 amide bonds. The largest absolute Gasteiger partial charge is 0.472 e. The summed E-state index contributed by atoms with van der Waals surface area (Å²) in [4.78, 5) is 33.0. The van der Waals surface area contributed by atoms with E-state index in [0.29, 0.717) is 12.8 Å². The quantitative estimate of drug-likeness (QED) is 0.0550. The normalized spacial score (nSPS) is 13.7. The third kappa shape index (κ3) is 26.6. The van der Waals surface area contributed by atoms with Crippen LogP contribution in [0.3, 0.4) is 0 Å². The van der Waals surface area contributed by atoms with Gasteiger partial charge in [-0.25, -0.2) is 4.57 Å². The van der Waals surface area contributed by atoms with Gasteiger partial charge < -0.3 is 20.1 Å². The molecule has 0 aliphatic carbocycles. The van der Waals surface area contributed by atoms with Gasteiger partial charge in [-0.3, -0.25) is 18.6 Å². The molecular formula is C28H56NO8P. The van der Waals surface area contributed by atoms with Crippen molar-refractivity contribution >= 4 is 19.7 Å². The first-order chi connectivity index (χ1) is 18.3. The van der Waals surface area contributed by atoms with Crippen LogP contribution in [0.15, 0.2) is 0 Å². The zero-order valence-corrected chi connectivity index (χ0v) is 25.0. The van der Waals surface area contributed by atoms with Crippen LogP contribution in [0.2, 0.25) is 0 Å². The number of phosphoric ester groups is 1. The van der Waals surface area contributed by atoms with E-state index in [1.54, 1.807) is 0 Å². The molecule has 0 aromatic rings. The zero-order valence-electron chi connectivity index (χ0n) is 24.1. The summed E-state index contributed by atoms with van der Waals surface area (Å²) in [7, 11) is -4.38. The number of hydrogen-bond donors (Lipinski definition) is 3. The molecule has 2 atom stereocenters. The first-order valence-electron chi connectivity index (χ1n) is 15.0. The molecule has 9 nitrogen and oxygen atoms in total. The van der Waals surface area contributed by atoms with E-state index in [0.717, 1.165) is 25.7 Å². The van der Waals surface area contributed by atoms with Crippen LogP contribution < -0.4 is 5.32 Å². The Hall–Kier alpha value is -0.990. The van der Waals surface area contributed by atoms with Crippen molar-refractivity contribution in [2.75, 3.05) is 26.4 Å². The molecule has 38 heavy (non-hydrogen) atoms. The molecule has 0 aliphatic heterocycles. The number of nitrogens with one attached hydrogen (secondary N) is 1. The summed E-state index contributed by atoms with van der Waals surface area (Å²) in [6.45, 7) is 3.26. The van der Waals surface area contributed by atoms with Gasteiger partial charge in [0, 0.05) is 19.4 Å². The SMILES string of the molecule is CCCCCCCCCCCCCCCCCC(=O)NCCOP(=O)(O)OCC(O)COC(=O)CCCC. The molecule has 226 valence electrons. The van der Waals surface area contributed by atoms with Gasteiger partial charge in [0.1, 0.15) is 12.7 Å². The Morgan fingerprint density at radius 3 is 1.74 bits per heavy atom. The van der Waals surface area contributed by atoms with Crippen molar-refractivity contribution in [2.24, 2.45) is 0 Å². The van der Waals surface area contributed by atoms with Crippen LogP contribution in [0.1, 0.15) is 136 Å². The van der Waals surface area contributed by atoms with E-state index in [-0.39, 0.29) is 32.1 Å². The van der Waals surface area contributed by atoms with Crippen LogP contribution in [0.25, 0.3) is 0 Å². The van der Waals surface area contributed by atoms with Crippen LogP contribution in [-0.2, 0) is 27.9 Å². The number of carbonyl (C=O) groups is 2. The second kappa shape index (κ2) is 26.2. The molecule has 0 fully saturated rings. The lowest BCUT2D eigenvalue weighted by Gasteiger charge is -2.15. The Bertz CT molecular complexity index is 620. The van der Waals surface area contributed by atoms with Crippen LogP contribution in [0, 0.1) is 0 Å². The summed E-state index contributed by atoms with van der Waals surface area (Å²) >= 11 is 0. The highest BCUT2D eigenvalue weighted by atomic mass is 31.2. The van der Waals surface area contributed by atoms with E-state index in [9.17, 15) is 24.2 Å². The van der Waals surface area contributed by atoms with E-state index in [1.807, 2.05) is 6.92 Å². The first kappa shape index (κ1) is 37.0. The Labute approximate surface area is 231 Å². The third-order valence-electron chi connectivity index (χ3n) is 6.29. The average molecular weight is 566 g/mol. The molecular weight excluding hydrogens is 509 g/mol. The van der Waals surface area contributed by atoms with Crippen LogP contribution in [0.5, 0.6) is 0 Å². The van der Waals surface area contributed by atoms with Gasteiger partial charge in [-0.1, -0.05) is 110 Å². The summed E-state index contributed by atoms with van der Waals surface area (Å²) in [6.07, 6.45) is 20.1. The van der Waals surface area contributed by atoms with Gasteiger partial charge in [0.25, 0.3) is 0 Å². The van der Waals surface area contributed by atoms with Crippen molar-refractivity contribution in [3.8, 4) is 0 Å². The number of hydrogen-bond acceptors (Lipinski definition) is 7. The Balaban J connectivity index is 3.54. The predicted octanol–water partition coefficient (Wildman–Crippen LogP) is 6.59. The maximum Gasteiger partial charge on any atom is 0.472 e. The van der Waals surface area contributed by atoms with Gasteiger partial charge in [-0.15, -0.1) is 0 Å². The average Bonchev–Trinajstić information content (AvgIpc) is 2.89. The summed E-state index contributed by atoms with van der Waals surface area (Å²) in [6, 6.07) is 0. The number of phosphoric acid groups is 1. The van der Waals surface area contributed by atoms with E-state index < -0.39 is 26.5 Å². The number of aliphatic hydroxyl groups excluding tert-OH is 1. The van der Waals surface area contributed by atoms with Gasteiger partial charge in [0.05, 0.1) is 13.2 Å².